The molecule has 2 aromatic rings. The van der Waals surface area contributed by atoms with E-state index in [1.54, 1.807) is 6.92 Å². The Balaban J connectivity index is 1.39. The van der Waals surface area contributed by atoms with E-state index < -0.39 is 0 Å². The van der Waals surface area contributed by atoms with Gasteiger partial charge in [0.15, 0.2) is 0 Å². The van der Waals surface area contributed by atoms with Crippen molar-refractivity contribution in [3.8, 4) is 0 Å². The molecule has 0 bridgehead atoms. The van der Waals surface area contributed by atoms with Gasteiger partial charge in [-0.25, -0.2) is 0 Å². The van der Waals surface area contributed by atoms with Crippen LogP contribution in [0.1, 0.15) is 48.5 Å². The molecule has 0 saturated carbocycles. The van der Waals surface area contributed by atoms with Crippen LogP contribution >= 0.6 is 0 Å². The molecule has 2 aliphatic rings. The number of carbonyl (C=O) groups is 2. The lowest BCUT2D eigenvalue weighted by Gasteiger charge is -2.31. The van der Waals surface area contributed by atoms with Crippen molar-refractivity contribution in [3.63, 3.8) is 0 Å². The summed E-state index contributed by atoms with van der Waals surface area (Å²) in [4.78, 5) is 28.2. The van der Waals surface area contributed by atoms with E-state index in [4.69, 9.17) is 0 Å². The minimum atomic E-state index is 0.145. The summed E-state index contributed by atoms with van der Waals surface area (Å²) in [6.07, 6.45) is 3.03. The molecule has 4 rings (SSSR count). The number of aryl methyl sites for hydroxylation is 1. The molecular formula is C22H29N5O2. The largest absolute Gasteiger partial charge is 0.343 e. The van der Waals surface area contributed by atoms with Crippen LogP contribution in [0.5, 0.6) is 0 Å². The quantitative estimate of drug-likeness (QED) is 0.796. The maximum absolute atomic E-state index is 12.8. The Bertz CT molecular complexity index is 881. The van der Waals surface area contributed by atoms with Gasteiger partial charge in [-0.1, -0.05) is 29.8 Å². The topological polar surface area (TPSA) is 71.3 Å². The molecule has 7 heteroatoms. The Morgan fingerprint density at radius 3 is 2.38 bits per heavy atom. The number of carbonyl (C=O) groups excluding carboxylic acids is 2. The SMILES string of the molecule is CC(=O)N1CCC(c2nnc3n2CCN(C(=O)Cc2ccc(C)cc2)CC3)CC1. The smallest absolute Gasteiger partial charge is 0.227 e. The third-order valence-corrected chi connectivity index (χ3v) is 6.19. The highest BCUT2D eigenvalue weighted by Gasteiger charge is 2.29. The van der Waals surface area contributed by atoms with Crippen molar-refractivity contribution in [2.45, 2.75) is 52.0 Å². The van der Waals surface area contributed by atoms with E-state index in [0.717, 1.165) is 56.1 Å². The number of aromatic nitrogens is 3. The number of benzene rings is 1. The normalized spacial score (nSPS) is 17.7. The fourth-order valence-corrected chi connectivity index (χ4v) is 4.34. The van der Waals surface area contributed by atoms with E-state index in [9.17, 15) is 9.59 Å². The number of amides is 2. The van der Waals surface area contributed by atoms with Crippen LogP contribution in [0.15, 0.2) is 24.3 Å². The number of likely N-dealkylation sites (tertiary alicyclic amines) is 1. The minimum Gasteiger partial charge on any atom is -0.343 e. The first-order chi connectivity index (χ1) is 14.0. The van der Waals surface area contributed by atoms with Gasteiger partial charge in [0, 0.05) is 52.0 Å². The number of hydrogen-bond acceptors (Lipinski definition) is 4. The third-order valence-electron chi connectivity index (χ3n) is 6.19. The maximum atomic E-state index is 12.8. The van der Waals surface area contributed by atoms with Gasteiger partial charge in [0.05, 0.1) is 6.42 Å². The lowest BCUT2D eigenvalue weighted by Crippen LogP contribution is -2.37. The van der Waals surface area contributed by atoms with Crippen LogP contribution in [-0.4, -0.2) is 62.6 Å². The second-order valence-corrected chi connectivity index (χ2v) is 8.20. The molecule has 29 heavy (non-hydrogen) atoms. The van der Waals surface area contributed by atoms with Crippen molar-refractivity contribution in [1.29, 1.82) is 0 Å². The third kappa shape index (κ3) is 4.33. The lowest BCUT2D eigenvalue weighted by atomic mass is 9.96. The molecule has 0 aliphatic carbocycles. The number of hydrogen-bond donors (Lipinski definition) is 0. The van der Waals surface area contributed by atoms with Gasteiger partial charge in [0.25, 0.3) is 0 Å². The van der Waals surface area contributed by atoms with E-state index in [2.05, 4.69) is 33.8 Å². The molecule has 1 fully saturated rings. The molecule has 154 valence electrons. The first-order valence-electron chi connectivity index (χ1n) is 10.5. The highest BCUT2D eigenvalue weighted by molar-refractivity contribution is 5.78. The zero-order valence-corrected chi connectivity index (χ0v) is 17.3. The molecular weight excluding hydrogens is 366 g/mol. The molecule has 3 heterocycles. The van der Waals surface area contributed by atoms with Crippen molar-refractivity contribution in [3.05, 3.63) is 47.0 Å². The summed E-state index contributed by atoms with van der Waals surface area (Å²) in [5.41, 5.74) is 2.26. The monoisotopic (exact) mass is 395 g/mol. The van der Waals surface area contributed by atoms with Crippen LogP contribution in [0.4, 0.5) is 0 Å². The summed E-state index contributed by atoms with van der Waals surface area (Å²) < 4.78 is 2.22. The minimum absolute atomic E-state index is 0.145. The molecule has 2 amide bonds. The van der Waals surface area contributed by atoms with Gasteiger partial charge in [-0.15, -0.1) is 10.2 Å². The van der Waals surface area contributed by atoms with Crippen molar-refractivity contribution in [2.24, 2.45) is 0 Å². The van der Waals surface area contributed by atoms with Crippen molar-refractivity contribution in [2.75, 3.05) is 26.2 Å². The Labute approximate surface area is 171 Å². The molecule has 0 N–H and O–H groups in total. The van der Waals surface area contributed by atoms with Gasteiger partial charge in [0.2, 0.25) is 11.8 Å². The summed E-state index contributed by atoms with van der Waals surface area (Å²) in [6, 6.07) is 8.17. The standard InChI is InChI=1S/C22H29N5O2/c1-16-3-5-18(6-4-16)15-21(29)26-12-9-20-23-24-22(27(20)14-13-26)19-7-10-25(11-8-19)17(2)28/h3-6,19H,7-15H2,1-2H3. The van der Waals surface area contributed by atoms with Crippen LogP contribution in [0.25, 0.3) is 0 Å². The van der Waals surface area contributed by atoms with Crippen LogP contribution in [0.3, 0.4) is 0 Å². The predicted octanol–water partition coefficient (Wildman–Crippen LogP) is 1.94. The fourth-order valence-electron chi connectivity index (χ4n) is 4.34. The van der Waals surface area contributed by atoms with Crippen LogP contribution < -0.4 is 0 Å². The first-order valence-corrected chi connectivity index (χ1v) is 10.5. The highest BCUT2D eigenvalue weighted by atomic mass is 16.2. The number of nitrogens with zero attached hydrogens (tertiary/aromatic N) is 5. The molecule has 1 aromatic heterocycles. The van der Waals surface area contributed by atoms with E-state index in [0.29, 0.717) is 25.4 Å². The van der Waals surface area contributed by atoms with Crippen molar-refractivity contribution in [1.82, 2.24) is 24.6 Å². The average molecular weight is 396 g/mol. The van der Waals surface area contributed by atoms with Crippen molar-refractivity contribution < 1.29 is 9.59 Å². The number of fused-ring (bicyclic) bond motifs is 1. The lowest BCUT2D eigenvalue weighted by molar-refractivity contribution is -0.131. The van der Waals surface area contributed by atoms with E-state index >= 15 is 0 Å². The predicted molar refractivity (Wildman–Crippen MR) is 109 cm³/mol. The zero-order valence-electron chi connectivity index (χ0n) is 17.3. The summed E-state index contributed by atoms with van der Waals surface area (Å²) in [6.45, 7) is 7.36. The Kier molecular flexibility index (Phi) is 5.65. The summed E-state index contributed by atoms with van der Waals surface area (Å²) >= 11 is 0. The molecule has 1 saturated heterocycles. The molecule has 0 spiro atoms. The van der Waals surface area contributed by atoms with Gasteiger partial charge in [-0.2, -0.15) is 0 Å². The van der Waals surface area contributed by atoms with Crippen molar-refractivity contribution >= 4 is 11.8 Å². The number of rotatable bonds is 3. The summed E-state index contributed by atoms with van der Waals surface area (Å²) in [7, 11) is 0. The van der Waals surface area contributed by atoms with E-state index in [1.165, 1.54) is 5.56 Å². The van der Waals surface area contributed by atoms with Crippen LogP contribution in [0.2, 0.25) is 0 Å². The highest BCUT2D eigenvalue weighted by Crippen LogP contribution is 2.28. The molecule has 7 nitrogen and oxygen atoms in total. The van der Waals surface area contributed by atoms with Gasteiger partial charge < -0.3 is 14.4 Å². The number of piperidine rings is 1. The Morgan fingerprint density at radius 1 is 0.966 bits per heavy atom. The summed E-state index contributed by atoms with van der Waals surface area (Å²) in [5, 5.41) is 8.91. The molecule has 2 aliphatic heterocycles. The van der Waals surface area contributed by atoms with Gasteiger partial charge in [-0.3, -0.25) is 9.59 Å². The van der Waals surface area contributed by atoms with E-state index in [1.807, 2.05) is 21.9 Å². The first kappa shape index (κ1) is 19.6. The average Bonchev–Trinajstić information content (AvgIpc) is 3.00. The summed E-state index contributed by atoms with van der Waals surface area (Å²) in [5.74, 6) is 2.65. The van der Waals surface area contributed by atoms with Crippen LogP contribution in [0, 0.1) is 6.92 Å². The van der Waals surface area contributed by atoms with Gasteiger partial charge in [-0.05, 0) is 25.3 Å². The fraction of sp³-hybridized carbons (Fsp3) is 0.545. The molecule has 1 aromatic carbocycles. The van der Waals surface area contributed by atoms with E-state index in [-0.39, 0.29) is 11.8 Å². The Hall–Kier alpha value is -2.70. The molecule has 0 atom stereocenters. The molecule has 0 unspecified atom stereocenters. The molecule has 0 radical (unpaired) electrons. The zero-order chi connectivity index (χ0) is 20.4. The van der Waals surface area contributed by atoms with Crippen LogP contribution in [-0.2, 0) is 29.0 Å². The van der Waals surface area contributed by atoms with Gasteiger partial charge in [0.1, 0.15) is 11.6 Å². The van der Waals surface area contributed by atoms with Gasteiger partial charge >= 0.3 is 0 Å². The maximum Gasteiger partial charge on any atom is 0.227 e. The second-order valence-electron chi connectivity index (χ2n) is 8.20. The Morgan fingerprint density at radius 2 is 1.69 bits per heavy atom. The second kappa shape index (κ2) is 8.35.